The molecule has 0 aliphatic heterocycles. The molecule has 0 spiro atoms. The first-order valence-corrected chi connectivity index (χ1v) is 6.29. The van der Waals surface area contributed by atoms with E-state index < -0.39 is 4.92 Å². The van der Waals surface area contributed by atoms with Gasteiger partial charge in [-0.25, -0.2) is 0 Å². The van der Waals surface area contributed by atoms with Gasteiger partial charge in [0.2, 0.25) is 5.75 Å². The zero-order valence-corrected chi connectivity index (χ0v) is 11.4. The monoisotopic (exact) mass is 272 g/mol. The molecule has 0 aliphatic rings. The van der Waals surface area contributed by atoms with Crippen molar-refractivity contribution in [2.75, 3.05) is 5.73 Å². The summed E-state index contributed by atoms with van der Waals surface area (Å²) in [4.78, 5) is 10.5. The van der Waals surface area contributed by atoms with Crippen LogP contribution in [0.3, 0.4) is 0 Å². The van der Waals surface area contributed by atoms with Crippen LogP contribution in [0.4, 0.5) is 11.4 Å². The molecule has 0 aromatic heterocycles. The van der Waals surface area contributed by atoms with Crippen molar-refractivity contribution < 1.29 is 9.66 Å². The molecule has 5 nitrogen and oxygen atoms in total. The van der Waals surface area contributed by atoms with Crippen molar-refractivity contribution in [3.8, 4) is 11.5 Å². The van der Waals surface area contributed by atoms with Crippen molar-refractivity contribution >= 4 is 11.4 Å². The van der Waals surface area contributed by atoms with E-state index in [0.29, 0.717) is 11.7 Å². The Morgan fingerprint density at radius 2 is 1.80 bits per heavy atom. The van der Waals surface area contributed by atoms with E-state index in [1.807, 2.05) is 12.1 Å². The van der Waals surface area contributed by atoms with Crippen LogP contribution >= 0.6 is 0 Å². The number of nitro benzene ring substituents is 1. The summed E-state index contributed by atoms with van der Waals surface area (Å²) in [6.45, 7) is 4.19. The summed E-state index contributed by atoms with van der Waals surface area (Å²) in [7, 11) is 0. The number of rotatable bonds is 4. The zero-order chi connectivity index (χ0) is 14.7. The molecule has 0 unspecified atom stereocenters. The Morgan fingerprint density at radius 3 is 2.35 bits per heavy atom. The second kappa shape index (κ2) is 5.61. The standard InChI is InChI=1S/C15H16N2O3/c1-10(2)11-6-8-12(9-7-11)20-14-5-3-4-13(16)15(14)17(18)19/h3-10H,16H2,1-2H3. The number of hydrogen-bond donors (Lipinski definition) is 1. The van der Waals surface area contributed by atoms with E-state index in [4.69, 9.17) is 10.5 Å². The average Bonchev–Trinajstić information content (AvgIpc) is 2.39. The van der Waals surface area contributed by atoms with Gasteiger partial charge in [-0.2, -0.15) is 0 Å². The number of ether oxygens (including phenoxy) is 1. The minimum Gasteiger partial charge on any atom is -0.450 e. The topological polar surface area (TPSA) is 78.4 Å². The molecule has 20 heavy (non-hydrogen) atoms. The van der Waals surface area contributed by atoms with Gasteiger partial charge < -0.3 is 10.5 Å². The van der Waals surface area contributed by atoms with E-state index >= 15 is 0 Å². The number of benzene rings is 2. The highest BCUT2D eigenvalue weighted by atomic mass is 16.6. The van der Waals surface area contributed by atoms with Crippen LogP contribution in [0.5, 0.6) is 11.5 Å². The fraction of sp³-hybridized carbons (Fsp3) is 0.200. The lowest BCUT2D eigenvalue weighted by Gasteiger charge is -2.09. The van der Waals surface area contributed by atoms with Gasteiger partial charge >= 0.3 is 5.69 Å². The first kappa shape index (κ1) is 13.9. The number of para-hydroxylation sites is 1. The van der Waals surface area contributed by atoms with E-state index in [9.17, 15) is 10.1 Å². The Morgan fingerprint density at radius 1 is 1.15 bits per heavy atom. The summed E-state index contributed by atoms with van der Waals surface area (Å²) in [5, 5.41) is 11.0. The maximum atomic E-state index is 11.0. The third-order valence-corrected chi connectivity index (χ3v) is 2.99. The predicted octanol–water partition coefficient (Wildman–Crippen LogP) is 4.09. The molecule has 0 saturated heterocycles. The first-order chi connectivity index (χ1) is 9.49. The van der Waals surface area contributed by atoms with Crippen molar-refractivity contribution in [3.05, 3.63) is 58.1 Å². The Labute approximate surface area is 117 Å². The first-order valence-electron chi connectivity index (χ1n) is 6.29. The molecule has 0 aliphatic carbocycles. The lowest BCUT2D eigenvalue weighted by atomic mass is 10.0. The Kier molecular flexibility index (Phi) is 3.89. The molecule has 0 radical (unpaired) electrons. The molecule has 0 amide bonds. The van der Waals surface area contributed by atoms with Gasteiger partial charge in [0, 0.05) is 0 Å². The number of anilines is 1. The molecule has 2 N–H and O–H groups in total. The summed E-state index contributed by atoms with van der Waals surface area (Å²) in [6, 6.07) is 12.1. The van der Waals surface area contributed by atoms with E-state index in [1.165, 1.54) is 17.7 Å². The Balaban J connectivity index is 2.30. The van der Waals surface area contributed by atoms with Crippen LogP contribution in [0, 0.1) is 10.1 Å². The van der Waals surface area contributed by atoms with Crippen molar-refractivity contribution in [2.24, 2.45) is 0 Å². The van der Waals surface area contributed by atoms with Crippen molar-refractivity contribution in [2.45, 2.75) is 19.8 Å². The summed E-state index contributed by atoms with van der Waals surface area (Å²) >= 11 is 0. The predicted molar refractivity (Wildman–Crippen MR) is 78.1 cm³/mol. The van der Waals surface area contributed by atoms with Crippen LogP contribution < -0.4 is 10.5 Å². The third-order valence-electron chi connectivity index (χ3n) is 2.99. The molecule has 5 heteroatoms. The summed E-state index contributed by atoms with van der Waals surface area (Å²) in [6.07, 6.45) is 0. The highest BCUT2D eigenvalue weighted by molar-refractivity contribution is 5.66. The van der Waals surface area contributed by atoms with Gasteiger partial charge in [-0.1, -0.05) is 32.0 Å². The molecule has 2 aromatic rings. The van der Waals surface area contributed by atoms with Crippen molar-refractivity contribution in [1.82, 2.24) is 0 Å². The van der Waals surface area contributed by atoms with Gasteiger partial charge in [-0.3, -0.25) is 10.1 Å². The number of hydrogen-bond acceptors (Lipinski definition) is 4. The summed E-state index contributed by atoms with van der Waals surface area (Å²) in [5.41, 5.74) is 6.68. The number of nitro groups is 1. The van der Waals surface area contributed by atoms with E-state index in [0.717, 1.165) is 0 Å². The van der Waals surface area contributed by atoms with Crippen LogP contribution in [0.25, 0.3) is 0 Å². The van der Waals surface area contributed by atoms with Crippen LogP contribution in [-0.4, -0.2) is 4.92 Å². The maximum absolute atomic E-state index is 11.0. The zero-order valence-electron chi connectivity index (χ0n) is 11.4. The smallest absolute Gasteiger partial charge is 0.334 e. The van der Waals surface area contributed by atoms with Crippen LogP contribution in [0.15, 0.2) is 42.5 Å². The lowest BCUT2D eigenvalue weighted by molar-refractivity contribution is -0.384. The van der Waals surface area contributed by atoms with E-state index in [-0.39, 0.29) is 17.1 Å². The van der Waals surface area contributed by atoms with Gasteiger partial charge in [-0.15, -0.1) is 0 Å². The van der Waals surface area contributed by atoms with Crippen LogP contribution in [0.2, 0.25) is 0 Å². The molecule has 2 aromatic carbocycles. The normalized spacial score (nSPS) is 10.6. The summed E-state index contributed by atoms with van der Waals surface area (Å²) in [5.74, 6) is 1.11. The van der Waals surface area contributed by atoms with Crippen LogP contribution in [-0.2, 0) is 0 Å². The highest BCUT2D eigenvalue weighted by Crippen LogP contribution is 2.35. The molecular formula is C15H16N2O3. The molecule has 0 fully saturated rings. The van der Waals surface area contributed by atoms with Gasteiger partial charge in [0.15, 0.2) is 0 Å². The lowest BCUT2D eigenvalue weighted by Crippen LogP contribution is -1.98. The second-order valence-electron chi connectivity index (χ2n) is 4.78. The molecule has 104 valence electrons. The molecule has 0 bridgehead atoms. The average molecular weight is 272 g/mol. The fourth-order valence-electron chi connectivity index (χ4n) is 1.86. The van der Waals surface area contributed by atoms with Gasteiger partial charge in [0.1, 0.15) is 11.4 Å². The van der Waals surface area contributed by atoms with Gasteiger partial charge in [0.05, 0.1) is 4.92 Å². The number of nitrogens with zero attached hydrogens (tertiary/aromatic N) is 1. The van der Waals surface area contributed by atoms with Crippen molar-refractivity contribution in [3.63, 3.8) is 0 Å². The fourth-order valence-corrected chi connectivity index (χ4v) is 1.86. The van der Waals surface area contributed by atoms with E-state index in [2.05, 4.69) is 13.8 Å². The summed E-state index contributed by atoms with van der Waals surface area (Å²) < 4.78 is 5.56. The van der Waals surface area contributed by atoms with E-state index in [1.54, 1.807) is 18.2 Å². The number of nitrogens with two attached hydrogens (primary N) is 1. The number of nitrogen functional groups attached to an aromatic ring is 1. The second-order valence-corrected chi connectivity index (χ2v) is 4.78. The van der Waals surface area contributed by atoms with Crippen LogP contribution in [0.1, 0.15) is 25.3 Å². The Hall–Kier alpha value is -2.56. The van der Waals surface area contributed by atoms with Gasteiger partial charge in [0.25, 0.3) is 0 Å². The third kappa shape index (κ3) is 2.88. The quantitative estimate of drug-likeness (QED) is 0.516. The molecule has 2 rings (SSSR count). The Bertz CT molecular complexity index is 622. The van der Waals surface area contributed by atoms with Gasteiger partial charge in [-0.05, 0) is 35.7 Å². The molecule has 0 saturated carbocycles. The largest absolute Gasteiger partial charge is 0.450 e. The molecule has 0 heterocycles. The minimum absolute atomic E-state index is 0.0892. The molecule has 0 atom stereocenters. The van der Waals surface area contributed by atoms with Crippen molar-refractivity contribution in [1.29, 1.82) is 0 Å². The maximum Gasteiger partial charge on any atom is 0.334 e. The minimum atomic E-state index is -0.535. The SMILES string of the molecule is CC(C)c1ccc(Oc2cccc(N)c2[N+](=O)[O-])cc1. The molecular weight excluding hydrogens is 256 g/mol. The highest BCUT2D eigenvalue weighted by Gasteiger charge is 2.19.